The summed E-state index contributed by atoms with van der Waals surface area (Å²) in [5, 5.41) is 0. The van der Waals surface area contributed by atoms with Gasteiger partial charge in [-0.2, -0.15) is 13.2 Å². The summed E-state index contributed by atoms with van der Waals surface area (Å²) >= 11 is 0. The first-order chi connectivity index (χ1) is 20.0. The van der Waals surface area contributed by atoms with Gasteiger partial charge in [0.2, 0.25) is 23.0 Å². The number of nitrogens with zero attached hydrogens (tertiary/aromatic N) is 3. The molecule has 1 amide bonds. The second-order valence-corrected chi connectivity index (χ2v) is 9.92. The van der Waals surface area contributed by atoms with Crippen LogP contribution >= 0.6 is 0 Å². The topological polar surface area (TPSA) is 89.0 Å². The third-order valence-corrected chi connectivity index (χ3v) is 6.92. The molecule has 5 rings (SSSR count). The van der Waals surface area contributed by atoms with Gasteiger partial charge >= 0.3 is 6.18 Å². The molecule has 4 aromatic rings. The quantitative estimate of drug-likeness (QED) is 0.262. The van der Waals surface area contributed by atoms with Crippen LogP contribution in [0.2, 0.25) is 0 Å². The second kappa shape index (κ2) is 12.2. The highest BCUT2D eigenvalue weighted by molar-refractivity contribution is 5.78. The number of amides is 1. The Morgan fingerprint density at radius 1 is 1.05 bits per heavy atom. The van der Waals surface area contributed by atoms with E-state index in [1.165, 1.54) is 36.6 Å². The number of alkyl halides is 3. The minimum absolute atomic E-state index is 0.0437. The van der Waals surface area contributed by atoms with Crippen LogP contribution in [-0.4, -0.2) is 46.9 Å². The summed E-state index contributed by atoms with van der Waals surface area (Å²) in [4.78, 5) is 33.6. The fraction of sp³-hybridized carbons (Fsp3) is 0.300. The Morgan fingerprint density at radius 2 is 1.79 bits per heavy atom. The van der Waals surface area contributed by atoms with Gasteiger partial charge in [-0.25, -0.2) is 9.37 Å². The summed E-state index contributed by atoms with van der Waals surface area (Å²) in [6.07, 6.45) is -3.17. The standard InChI is InChI=1S/C30H27F4N3O5/c1-19-25(35-29(42-19)21-3-2-4-23(31)13-21)15-28(39)37-11-9-36(10-12-37)16-24-14-26(38)27(18-40-24)41-17-20-5-7-22(8-6-20)30(32,33)34/h2-8,13-14,18H,9-12,15-17H2,1H3. The molecule has 0 radical (unpaired) electrons. The monoisotopic (exact) mass is 585 g/mol. The number of halogens is 4. The maximum absolute atomic E-state index is 13.6. The van der Waals surface area contributed by atoms with Crippen LogP contribution in [0.4, 0.5) is 17.6 Å². The van der Waals surface area contributed by atoms with Crippen molar-refractivity contribution in [3.63, 3.8) is 0 Å². The van der Waals surface area contributed by atoms with E-state index in [0.717, 1.165) is 12.1 Å². The van der Waals surface area contributed by atoms with Gasteiger partial charge in [-0.1, -0.05) is 18.2 Å². The maximum Gasteiger partial charge on any atom is 0.416 e. The smallest absolute Gasteiger partial charge is 0.416 e. The number of aryl methyl sites for hydroxylation is 1. The number of carbonyl (C=O) groups is 1. The predicted molar refractivity (Wildman–Crippen MR) is 143 cm³/mol. The Bertz CT molecular complexity index is 1610. The van der Waals surface area contributed by atoms with Crippen molar-refractivity contribution in [2.75, 3.05) is 26.2 Å². The SMILES string of the molecule is Cc1oc(-c2cccc(F)c2)nc1CC(=O)N1CCN(Cc2cc(=O)c(OCc3ccc(C(F)(F)F)cc3)co2)CC1. The number of ether oxygens (including phenoxy) is 1. The summed E-state index contributed by atoms with van der Waals surface area (Å²) < 4.78 is 68.4. The first-order valence-electron chi connectivity index (χ1n) is 13.2. The Hall–Kier alpha value is -4.45. The van der Waals surface area contributed by atoms with E-state index in [1.807, 2.05) is 4.90 Å². The van der Waals surface area contributed by atoms with Crippen LogP contribution in [0.25, 0.3) is 11.5 Å². The van der Waals surface area contributed by atoms with Crippen LogP contribution in [-0.2, 0) is 30.5 Å². The van der Waals surface area contributed by atoms with E-state index in [4.69, 9.17) is 13.6 Å². The van der Waals surface area contributed by atoms with Crippen molar-refractivity contribution in [2.45, 2.75) is 32.7 Å². The number of benzene rings is 2. The second-order valence-electron chi connectivity index (χ2n) is 9.92. The van der Waals surface area contributed by atoms with E-state index in [2.05, 4.69) is 4.98 Å². The average molecular weight is 586 g/mol. The van der Waals surface area contributed by atoms with Crippen LogP contribution in [0.1, 0.15) is 28.3 Å². The van der Waals surface area contributed by atoms with Gasteiger partial charge in [0.15, 0.2) is 0 Å². The molecule has 0 aliphatic carbocycles. The molecule has 0 bridgehead atoms. The number of piperazine rings is 1. The molecule has 220 valence electrons. The Balaban J connectivity index is 1.10. The fourth-order valence-corrected chi connectivity index (χ4v) is 4.55. The molecule has 1 aliphatic heterocycles. The van der Waals surface area contributed by atoms with Crippen molar-refractivity contribution in [3.8, 4) is 17.2 Å². The molecule has 8 nitrogen and oxygen atoms in total. The van der Waals surface area contributed by atoms with E-state index in [9.17, 15) is 27.2 Å². The van der Waals surface area contributed by atoms with Crippen molar-refractivity contribution in [3.05, 3.63) is 105 Å². The van der Waals surface area contributed by atoms with Gasteiger partial charge in [-0.05, 0) is 42.8 Å². The van der Waals surface area contributed by atoms with Crippen molar-refractivity contribution >= 4 is 5.91 Å². The average Bonchev–Trinajstić information content (AvgIpc) is 3.32. The van der Waals surface area contributed by atoms with Crippen LogP contribution in [0.5, 0.6) is 5.75 Å². The van der Waals surface area contributed by atoms with Gasteiger partial charge in [0.1, 0.15) is 30.2 Å². The lowest BCUT2D eigenvalue weighted by Crippen LogP contribution is -2.48. The van der Waals surface area contributed by atoms with E-state index in [-0.39, 0.29) is 30.6 Å². The van der Waals surface area contributed by atoms with E-state index in [1.54, 1.807) is 24.0 Å². The van der Waals surface area contributed by atoms with Gasteiger partial charge < -0.3 is 18.5 Å². The lowest BCUT2D eigenvalue weighted by atomic mass is 10.1. The number of aromatic nitrogens is 1. The highest BCUT2D eigenvalue weighted by Crippen LogP contribution is 2.29. The van der Waals surface area contributed by atoms with Gasteiger partial charge in [0, 0.05) is 37.8 Å². The van der Waals surface area contributed by atoms with Crippen molar-refractivity contribution in [1.29, 1.82) is 0 Å². The third-order valence-electron chi connectivity index (χ3n) is 6.92. The Morgan fingerprint density at radius 3 is 2.45 bits per heavy atom. The van der Waals surface area contributed by atoms with Crippen LogP contribution in [0, 0.1) is 12.7 Å². The summed E-state index contributed by atoms with van der Waals surface area (Å²) in [7, 11) is 0. The molecule has 1 aliphatic rings. The highest BCUT2D eigenvalue weighted by Gasteiger charge is 2.30. The van der Waals surface area contributed by atoms with Crippen molar-refractivity contribution < 1.29 is 35.9 Å². The minimum atomic E-state index is -4.42. The molecule has 12 heteroatoms. The zero-order valence-electron chi connectivity index (χ0n) is 22.6. The molecular weight excluding hydrogens is 558 g/mol. The predicted octanol–water partition coefficient (Wildman–Crippen LogP) is 5.23. The summed E-state index contributed by atoms with van der Waals surface area (Å²) in [6.45, 7) is 4.07. The molecule has 0 unspecified atom stereocenters. The summed E-state index contributed by atoms with van der Waals surface area (Å²) in [6, 6.07) is 11.7. The zero-order valence-corrected chi connectivity index (χ0v) is 22.6. The molecular formula is C30H27F4N3O5. The molecule has 2 aromatic carbocycles. The van der Waals surface area contributed by atoms with E-state index >= 15 is 0 Å². The molecule has 2 aromatic heterocycles. The molecule has 0 spiro atoms. The lowest BCUT2D eigenvalue weighted by Gasteiger charge is -2.34. The van der Waals surface area contributed by atoms with Gasteiger partial charge in [-0.15, -0.1) is 0 Å². The molecule has 3 heterocycles. The molecule has 0 N–H and O–H groups in total. The maximum atomic E-state index is 13.6. The number of hydrogen-bond donors (Lipinski definition) is 0. The van der Waals surface area contributed by atoms with Crippen LogP contribution < -0.4 is 10.2 Å². The highest BCUT2D eigenvalue weighted by atomic mass is 19.4. The van der Waals surface area contributed by atoms with E-state index in [0.29, 0.717) is 61.1 Å². The number of oxazole rings is 1. The molecule has 0 atom stereocenters. The van der Waals surface area contributed by atoms with Crippen LogP contribution in [0.15, 0.2) is 74.5 Å². The normalized spacial score (nSPS) is 14.3. The first kappa shape index (κ1) is 29.1. The third kappa shape index (κ3) is 7.06. The fourth-order valence-electron chi connectivity index (χ4n) is 4.55. The van der Waals surface area contributed by atoms with Gasteiger partial charge in [-0.3, -0.25) is 14.5 Å². The molecule has 1 saturated heterocycles. The number of rotatable bonds is 8. The molecule has 0 saturated carbocycles. The first-order valence-corrected chi connectivity index (χ1v) is 13.2. The lowest BCUT2D eigenvalue weighted by molar-refractivity contribution is -0.137. The zero-order chi connectivity index (χ0) is 29.9. The Kier molecular flexibility index (Phi) is 8.44. The van der Waals surface area contributed by atoms with Gasteiger partial charge in [0.25, 0.3) is 0 Å². The number of hydrogen-bond acceptors (Lipinski definition) is 7. The minimum Gasteiger partial charge on any atom is -0.482 e. The largest absolute Gasteiger partial charge is 0.482 e. The summed E-state index contributed by atoms with van der Waals surface area (Å²) in [5.74, 6) is 0.639. The molecule has 1 fully saturated rings. The van der Waals surface area contributed by atoms with Gasteiger partial charge in [0.05, 0.1) is 24.2 Å². The number of carbonyl (C=O) groups excluding carboxylic acids is 1. The Labute approximate surface area is 238 Å². The van der Waals surface area contributed by atoms with E-state index < -0.39 is 23.0 Å². The summed E-state index contributed by atoms with van der Waals surface area (Å²) in [5.41, 5.74) is 0.309. The van der Waals surface area contributed by atoms with Crippen LogP contribution in [0.3, 0.4) is 0 Å². The van der Waals surface area contributed by atoms with Crippen molar-refractivity contribution in [2.24, 2.45) is 0 Å². The molecule has 42 heavy (non-hydrogen) atoms. The van der Waals surface area contributed by atoms with Crippen molar-refractivity contribution in [1.82, 2.24) is 14.8 Å².